The Hall–Kier alpha value is -2.70. The highest BCUT2D eigenvalue weighted by Crippen LogP contribution is 2.19. The topological polar surface area (TPSA) is 47.9 Å². The van der Waals surface area contributed by atoms with Crippen LogP contribution < -0.4 is 4.57 Å². The van der Waals surface area contributed by atoms with Crippen molar-refractivity contribution in [3.05, 3.63) is 78.6 Å². The summed E-state index contributed by atoms with van der Waals surface area (Å²) in [4.78, 5) is 0. The van der Waals surface area contributed by atoms with Crippen molar-refractivity contribution >= 4 is 10.8 Å². The van der Waals surface area contributed by atoms with E-state index in [9.17, 15) is 10.4 Å². The number of aromatic nitrogens is 1. The second-order valence-electron chi connectivity index (χ2n) is 5.36. The highest BCUT2D eigenvalue weighted by Gasteiger charge is 2.24. The largest absolute Gasteiger partial charge is 0.385 e. The first kappa shape index (κ1) is 14.2. The molecular weight excluding hydrogens is 272 g/mol. The van der Waals surface area contributed by atoms with E-state index < -0.39 is 12.0 Å². The van der Waals surface area contributed by atoms with E-state index in [-0.39, 0.29) is 0 Å². The number of aliphatic hydroxyl groups excluding tert-OH is 1. The molecule has 2 aromatic carbocycles. The van der Waals surface area contributed by atoms with Crippen LogP contribution in [0, 0.1) is 11.3 Å². The van der Waals surface area contributed by atoms with E-state index in [1.54, 1.807) is 0 Å². The molecule has 108 valence electrons. The lowest BCUT2D eigenvalue weighted by Crippen LogP contribution is -2.41. The fourth-order valence-electron chi connectivity index (χ4n) is 2.66. The van der Waals surface area contributed by atoms with Gasteiger partial charge in [-0.1, -0.05) is 48.5 Å². The second kappa shape index (κ2) is 6.38. The molecule has 1 aromatic heterocycles. The van der Waals surface area contributed by atoms with Crippen LogP contribution in [-0.4, -0.2) is 11.2 Å². The minimum atomic E-state index is -0.751. The lowest BCUT2D eigenvalue weighted by Gasteiger charge is -2.14. The van der Waals surface area contributed by atoms with Crippen LogP contribution in [0.1, 0.15) is 11.5 Å². The van der Waals surface area contributed by atoms with Crippen molar-refractivity contribution in [2.45, 2.75) is 18.6 Å². The summed E-state index contributed by atoms with van der Waals surface area (Å²) in [7, 11) is 0. The molecule has 3 rings (SSSR count). The van der Waals surface area contributed by atoms with Crippen LogP contribution in [0.15, 0.2) is 73.1 Å². The fraction of sp³-hybridized carbons (Fsp3) is 0.158. The van der Waals surface area contributed by atoms with E-state index in [1.807, 2.05) is 71.6 Å². The first-order chi connectivity index (χ1) is 10.8. The average molecular weight is 289 g/mol. The Balaban J connectivity index is 1.82. The number of hydrogen-bond donors (Lipinski definition) is 1. The summed E-state index contributed by atoms with van der Waals surface area (Å²) in [5, 5.41) is 22.1. The van der Waals surface area contributed by atoms with Crippen molar-refractivity contribution in [2.24, 2.45) is 0 Å². The summed E-state index contributed by atoms with van der Waals surface area (Å²) < 4.78 is 1.93. The molecule has 0 amide bonds. The van der Waals surface area contributed by atoms with E-state index in [4.69, 9.17) is 0 Å². The van der Waals surface area contributed by atoms with Crippen LogP contribution in [0.4, 0.5) is 0 Å². The molecule has 0 aliphatic rings. The van der Waals surface area contributed by atoms with Gasteiger partial charge in [0.1, 0.15) is 12.0 Å². The number of nitrogens with zero attached hydrogens (tertiary/aromatic N) is 2. The smallest absolute Gasteiger partial charge is 0.176 e. The fourth-order valence-corrected chi connectivity index (χ4v) is 2.66. The van der Waals surface area contributed by atoms with Crippen LogP contribution in [0.5, 0.6) is 0 Å². The number of aliphatic hydroxyl groups is 1. The number of rotatable bonds is 4. The molecule has 3 aromatic rings. The predicted molar refractivity (Wildman–Crippen MR) is 84.9 cm³/mol. The van der Waals surface area contributed by atoms with Crippen LogP contribution in [-0.2, 0) is 6.54 Å². The van der Waals surface area contributed by atoms with Crippen molar-refractivity contribution in [1.82, 2.24) is 0 Å². The highest BCUT2D eigenvalue weighted by molar-refractivity contribution is 5.80. The molecule has 0 unspecified atom stereocenters. The molecular formula is C19H17N2O+. The predicted octanol–water partition coefficient (Wildman–Crippen LogP) is 2.80. The van der Waals surface area contributed by atoms with Crippen molar-refractivity contribution < 1.29 is 9.67 Å². The lowest BCUT2D eigenvalue weighted by molar-refractivity contribution is -0.702. The molecule has 3 heteroatoms. The summed E-state index contributed by atoms with van der Waals surface area (Å²) in [6.07, 6.45) is 3.18. The molecule has 2 atom stereocenters. The Morgan fingerprint density at radius 3 is 2.36 bits per heavy atom. The van der Waals surface area contributed by atoms with Crippen molar-refractivity contribution in [3.8, 4) is 6.07 Å². The molecule has 0 fully saturated rings. The quantitative estimate of drug-likeness (QED) is 0.751. The number of benzene rings is 2. The lowest BCUT2D eigenvalue weighted by atomic mass is 9.95. The van der Waals surface area contributed by atoms with Crippen molar-refractivity contribution in [2.75, 3.05) is 0 Å². The molecule has 0 aliphatic heterocycles. The Bertz CT molecular complexity index is 808. The molecule has 0 aliphatic carbocycles. The van der Waals surface area contributed by atoms with E-state index >= 15 is 0 Å². The molecule has 0 saturated carbocycles. The third-order valence-corrected chi connectivity index (χ3v) is 3.83. The molecule has 3 nitrogen and oxygen atoms in total. The van der Waals surface area contributed by atoms with Crippen LogP contribution >= 0.6 is 0 Å². The van der Waals surface area contributed by atoms with E-state index in [0.29, 0.717) is 6.54 Å². The first-order valence-corrected chi connectivity index (χ1v) is 7.28. The number of pyridine rings is 1. The van der Waals surface area contributed by atoms with Crippen molar-refractivity contribution in [3.63, 3.8) is 0 Å². The monoisotopic (exact) mass is 289 g/mol. The Morgan fingerprint density at radius 2 is 1.64 bits per heavy atom. The summed E-state index contributed by atoms with van der Waals surface area (Å²) in [5.41, 5.74) is 0.846. The van der Waals surface area contributed by atoms with E-state index in [0.717, 1.165) is 16.3 Å². The summed E-state index contributed by atoms with van der Waals surface area (Å²) in [6.45, 7) is 0.387. The molecule has 22 heavy (non-hydrogen) atoms. The summed E-state index contributed by atoms with van der Waals surface area (Å²) >= 11 is 0. The minimum Gasteiger partial charge on any atom is -0.385 e. The summed E-state index contributed by atoms with van der Waals surface area (Å²) in [5.74, 6) is -0.528. The summed E-state index contributed by atoms with van der Waals surface area (Å²) in [6, 6.07) is 21.7. The van der Waals surface area contributed by atoms with Gasteiger partial charge in [0.05, 0.1) is 6.07 Å². The maximum Gasteiger partial charge on any atom is 0.176 e. The van der Waals surface area contributed by atoms with E-state index in [1.165, 1.54) is 0 Å². The normalized spacial score (nSPS) is 13.5. The number of fused-ring (bicyclic) bond motifs is 1. The molecule has 0 radical (unpaired) electrons. The second-order valence-corrected chi connectivity index (χ2v) is 5.36. The van der Waals surface area contributed by atoms with Gasteiger partial charge in [-0.15, -0.1) is 0 Å². The van der Waals surface area contributed by atoms with Gasteiger partial charge in [0, 0.05) is 11.5 Å². The Labute approximate surface area is 129 Å². The number of nitriles is 1. The standard InChI is InChI=1S/C19H17N2O/c20-12-18(16-7-2-1-3-8-16)19(22)14-21-11-10-15-6-4-5-9-17(15)13-21/h1-11,13,18-19,22H,14H2/q+1/t18-,19-/m1/s1. The van der Waals surface area contributed by atoms with Gasteiger partial charge in [-0.25, -0.2) is 4.57 Å². The van der Waals surface area contributed by atoms with Crippen LogP contribution in [0.3, 0.4) is 0 Å². The molecule has 1 N–H and O–H groups in total. The van der Waals surface area contributed by atoms with Gasteiger partial charge in [-0.05, 0) is 17.0 Å². The first-order valence-electron chi connectivity index (χ1n) is 7.28. The number of hydrogen-bond acceptors (Lipinski definition) is 2. The molecule has 0 bridgehead atoms. The molecule has 1 heterocycles. The Morgan fingerprint density at radius 1 is 0.955 bits per heavy atom. The maximum absolute atomic E-state index is 10.4. The van der Waals surface area contributed by atoms with Crippen molar-refractivity contribution in [1.29, 1.82) is 5.26 Å². The molecule has 0 spiro atoms. The van der Waals surface area contributed by atoms with Gasteiger partial charge in [-0.3, -0.25) is 0 Å². The van der Waals surface area contributed by atoms with Crippen LogP contribution in [0.25, 0.3) is 10.8 Å². The SMILES string of the molecule is N#C[C@H](c1ccccc1)[C@H](O)C[n+]1ccc2ccccc2c1. The van der Waals surface area contributed by atoms with E-state index in [2.05, 4.69) is 12.1 Å². The Kier molecular flexibility index (Phi) is 4.13. The zero-order valence-electron chi connectivity index (χ0n) is 12.1. The molecule has 0 saturated heterocycles. The zero-order valence-corrected chi connectivity index (χ0v) is 12.1. The van der Waals surface area contributed by atoms with Gasteiger partial charge in [0.15, 0.2) is 18.9 Å². The average Bonchev–Trinajstić information content (AvgIpc) is 2.56. The van der Waals surface area contributed by atoms with Gasteiger partial charge < -0.3 is 5.11 Å². The zero-order chi connectivity index (χ0) is 15.4. The van der Waals surface area contributed by atoms with Gasteiger partial charge in [-0.2, -0.15) is 5.26 Å². The van der Waals surface area contributed by atoms with Gasteiger partial charge in [0.2, 0.25) is 0 Å². The van der Waals surface area contributed by atoms with Crippen LogP contribution in [0.2, 0.25) is 0 Å². The van der Waals surface area contributed by atoms with Gasteiger partial charge in [0.25, 0.3) is 0 Å². The maximum atomic E-state index is 10.4. The minimum absolute atomic E-state index is 0.387. The third kappa shape index (κ3) is 2.98. The highest BCUT2D eigenvalue weighted by atomic mass is 16.3. The van der Waals surface area contributed by atoms with Gasteiger partial charge >= 0.3 is 0 Å². The third-order valence-electron chi connectivity index (χ3n) is 3.83.